The molecule has 28 heavy (non-hydrogen) atoms. The number of esters is 1. The zero-order chi connectivity index (χ0) is 20.1. The van der Waals surface area contributed by atoms with Gasteiger partial charge in [-0.25, -0.2) is 24.1 Å². The fourth-order valence-corrected chi connectivity index (χ4v) is 3.36. The molecule has 11 heteroatoms. The molecule has 0 atom stereocenters. The number of aromatic nitrogens is 4. The second-order valence-electron chi connectivity index (χ2n) is 5.51. The Kier molecular flexibility index (Phi) is 5.94. The summed E-state index contributed by atoms with van der Waals surface area (Å²) in [5, 5.41) is 6.65. The Balaban J connectivity index is 1.83. The third kappa shape index (κ3) is 4.14. The molecule has 0 saturated carbocycles. The van der Waals surface area contributed by atoms with Crippen LogP contribution < -0.4 is 11.1 Å². The maximum Gasteiger partial charge on any atom is 0.442 e. The number of hydrogen-bond acceptors (Lipinski definition) is 9. The van der Waals surface area contributed by atoms with Gasteiger partial charge in [-0.1, -0.05) is 12.1 Å². The number of aryl methyl sites for hydroxylation is 1. The molecule has 0 aromatic carbocycles. The molecule has 0 aliphatic carbocycles. The molecule has 0 spiro atoms. The Morgan fingerprint density at radius 1 is 1.29 bits per heavy atom. The van der Waals surface area contributed by atoms with Crippen LogP contribution in [0.3, 0.4) is 0 Å². The molecule has 3 aromatic heterocycles. The third-order valence-corrected chi connectivity index (χ3v) is 4.83. The van der Waals surface area contributed by atoms with Crippen LogP contribution in [-0.4, -0.2) is 38.2 Å². The monoisotopic (exact) mass is 403 g/mol. The van der Waals surface area contributed by atoms with E-state index in [0.29, 0.717) is 11.4 Å². The van der Waals surface area contributed by atoms with Crippen LogP contribution in [0.5, 0.6) is 0 Å². The van der Waals surface area contributed by atoms with Gasteiger partial charge in [-0.05, 0) is 25.5 Å². The third-order valence-electron chi connectivity index (χ3n) is 3.63. The largest absolute Gasteiger partial charge is 0.462 e. The number of rotatable bonds is 7. The normalized spacial score (nSPS) is 10.6. The number of anilines is 1. The molecule has 3 heterocycles. The quantitative estimate of drug-likeness (QED) is 0.591. The van der Waals surface area contributed by atoms with E-state index >= 15 is 0 Å². The molecule has 0 bridgehead atoms. The average molecular weight is 403 g/mol. The van der Waals surface area contributed by atoms with E-state index in [0.717, 1.165) is 9.44 Å². The van der Waals surface area contributed by atoms with Gasteiger partial charge in [0.1, 0.15) is 11.5 Å². The standard InChI is InChI=1S/C17H17N5O5S/c1-3-10-8-11(16(24)26-4-2)15(28-10)20-12(23)9-22-14(21-27-17(22)25)13-18-6-5-7-19-13/h5-8H,3-4,9H2,1-2H3,(H,20,23). The molecule has 1 N–H and O–H groups in total. The van der Waals surface area contributed by atoms with Crippen molar-refractivity contribution in [3.63, 3.8) is 0 Å². The van der Waals surface area contributed by atoms with Gasteiger partial charge >= 0.3 is 11.7 Å². The van der Waals surface area contributed by atoms with Crippen LogP contribution in [0.2, 0.25) is 0 Å². The van der Waals surface area contributed by atoms with Crippen LogP contribution in [0.25, 0.3) is 11.6 Å². The Morgan fingerprint density at radius 3 is 2.71 bits per heavy atom. The van der Waals surface area contributed by atoms with Crippen LogP contribution in [0, 0.1) is 0 Å². The number of hydrogen-bond donors (Lipinski definition) is 1. The Hall–Kier alpha value is -3.34. The second-order valence-corrected chi connectivity index (χ2v) is 6.65. The minimum Gasteiger partial charge on any atom is -0.462 e. The molecule has 0 fully saturated rings. The Morgan fingerprint density at radius 2 is 2.04 bits per heavy atom. The molecule has 0 unspecified atom stereocenters. The number of carbonyl (C=O) groups excluding carboxylic acids is 2. The topological polar surface area (TPSA) is 129 Å². The number of nitrogens with zero attached hydrogens (tertiary/aromatic N) is 4. The highest BCUT2D eigenvalue weighted by molar-refractivity contribution is 7.16. The summed E-state index contributed by atoms with van der Waals surface area (Å²) in [6, 6.07) is 3.30. The molecule has 0 saturated heterocycles. The van der Waals surface area contributed by atoms with Gasteiger partial charge in [0, 0.05) is 17.3 Å². The Labute approximate surface area is 163 Å². The molecule has 3 aromatic rings. The fraction of sp³-hybridized carbons (Fsp3) is 0.294. The minimum absolute atomic E-state index is 0.0341. The lowest BCUT2D eigenvalue weighted by Crippen LogP contribution is -2.26. The van der Waals surface area contributed by atoms with Gasteiger partial charge < -0.3 is 10.1 Å². The highest BCUT2D eigenvalue weighted by atomic mass is 32.1. The van der Waals surface area contributed by atoms with Crippen molar-refractivity contribution in [3.05, 3.63) is 45.5 Å². The van der Waals surface area contributed by atoms with E-state index in [4.69, 9.17) is 4.74 Å². The molecule has 10 nitrogen and oxygen atoms in total. The molecular formula is C17H17N5O5S. The summed E-state index contributed by atoms with van der Waals surface area (Å²) in [5.74, 6) is -1.68. The number of carbonyl (C=O) groups is 2. The van der Waals surface area contributed by atoms with E-state index in [2.05, 4.69) is 25.0 Å². The fourth-order valence-electron chi connectivity index (χ4n) is 2.36. The number of thiophene rings is 1. The summed E-state index contributed by atoms with van der Waals surface area (Å²) < 4.78 is 10.7. The van der Waals surface area contributed by atoms with Gasteiger partial charge in [-0.3, -0.25) is 9.32 Å². The van der Waals surface area contributed by atoms with Gasteiger partial charge in [-0.2, -0.15) is 0 Å². The van der Waals surface area contributed by atoms with Gasteiger partial charge in [0.05, 0.1) is 12.2 Å². The summed E-state index contributed by atoms with van der Waals surface area (Å²) >= 11 is 1.28. The molecular weight excluding hydrogens is 386 g/mol. The summed E-state index contributed by atoms with van der Waals surface area (Å²) in [4.78, 5) is 45.5. The van der Waals surface area contributed by atoms with Crippen molar-refractivity contribution in [2.75, 3.05) is 11.9 Å². The smallest absolute Gasteiger partial charge is 0.442 e. The first kappa shape index (κ1) is 19.4. The first-order valence-electron chi connectivity index (χ1n) is 8.47. The summed E-state index contributed by atoms with van der Waals surface area (Å²) in [5.41, 5.74) is 0.279. The van der Waals surface area contributed by atoms with Crippen LogP contribution >= 0.6 is 11.3 Å². The van der Waals surface area contributed by atoms with Crippen molar-refractivity contribution in [3.8, 4) is 11.6 Å². The SMILES string of the molecule is CCOC(=O)c1cc(CC)sc1NC(=O)Cn1c(-c2ncccn2)noc1=O. The highest BCUT2D eigenvalue weighted by Gasteiger charge is 2.21. The van der Waals surface area contributed by atoms with Crippen molar-refractivity contribution < 1.29 is 18.8 Å². The second kappa shape index (κ2) is 8.57. The van der Waals surface area contributed by atoms with E-state index < -0.39 is 17.6 Å². The zero-order valence-electron chi connectivity index (χ0n) is 15.2. The number of nitrogens with one attached hydrogen (secondary N) is 1. The highest BCUT2D eigenvalue weighted by Crippen LogP contribution is 2.29. The summed E-state index contributed by atoms with van der Waals surface area (Å²) in [6.07, 6.45) is 3.67. The van der Waals surface area contributed by atoms with Gasteiger partial charge in [-0.15, -0.1) is 11.3 Å². The first-order chi connectivity index (χ1) is 13.5. The van der Waals surface area contributed by atoms with E-state index in [-0.39, 0.29) is 30.4 Å². The molecule has 146 valence electrons. The number of amides is 1. The first-order valence-corrected chi connectivity index (χ1v) is 9.28. The minimum atomic E-state index is -0.816. The van der Waals surface area contributed by atoms with Crippen LogP contribution in [-0.2, 0) is 22.5 Å². The Bertz CT molecular complexity index is 1040. The van der Waals surface area contributed by atoms with Gasteiger partial charge in [0.2, 0.25) is 11.7 Å². The average Bonchev–Trinajstić information content (AvgIpc) is 3.26. The van der Waals surface area contributed by atoms with Crippen molar-refractivity contribution in [1.82, 2.24) is 19.7 Å². The van der Waals surface area contributed by atoms with Crippen LogP contribution in [0.15, 0.2) is 33.8 Å². The summed E-state index contributed by atoms with van der Waals surface area (Å²) in [7, 11) is 0. The van der Waals surface area contributed by atoms with Gasteiger partial charge in [0.25, 0.3) is 0 Å². The molecule has 0 radical (unpaired) electrons. The summed E-state index contributed by atoms with van der Waals surface area (Å²) in [6.45, 7) is 3.49. The van der Waals surface area contributed by atoms with E-state index in [1.807, 2.05) is 6.92 Å². The van der Waals surface area contributed by atoms with Crippen molar-refractivity contribution >= 4 is 28.2 Å². The molecule has 0 aliphatic heterocycles. The molecule has 3 rings (SSSR count). The lowest BCUT2D eigenvalue weighted by atomic mass is 10.2. The van der Waals surface area contributed by atoms with Crippen LogP contribution in [0.1, 0.15) is 29.1 Å². The van der Waals surface area contributed by atoms with Crippen molar-refractivity contribution in [1.29, 1.82) is 0 Å². The maximum atomic E-state index is 12.5. The molecule has 0 aliphatic rings. The van der Waals surface area contributed by atoms with Crippen molar-refractivity contribution in [2.24, 2.45) is 0 Å². The molecule has 1 amide bonds. The van der Waals surface area contributed by atoms with E-state index in [1.54, 1.807) is 19.1 Å². The predicted molar refractivity (Wildman–Crippen MR) is 100 cm³/mol. The maximum absolute atomic E-state index is 12.5. The van der Waals surface area contributed by atoms with E-state index in [1.165, 1.54) is 23.7 Å². The lowest BCUT2D eigenvalue weighted by molar-refractivity contribution is -0.116. The lowest BCUT2D eigenvalue weighted by Gasteiger charge is -2.07. The van der Waals surface area contributed by atoms with E-state index in [9.17, 15) is 14.4 Å². The number of ether oxygens (including phenoxy) is 1. The van der Waals surface area contributed by atoms with Gasteiger partial charge in [0.15, 0.2) is 5.82 Å². The van der Waals surface area contributed by atoms with Crippen molar-refractivity contribution in [2.45, 2.75) is 26.8 Å². The predicted octanol–water partition coefficient (Wildman–Crippen LogP) is 1.73. The van der Waals surface area contributed by atoms with Crippen LogP contribution in [0.4, 0.5) is 5.00 Å². The zero-order valence-corrected chi connectivity index (χ0v) is 16.0.